The van der Waals surface area contributed by atoms with Crippen molar-refractivity contribution in [2.75, 3.05) is 0 Å². The van der Waals surface area contributed by atoms with Gasteiger partial charge in [0.15, 0.2) is 5.54 Å². The van der Waals surface area contributed by atoms with Gasteiger partial charge in [-0.2, -0.15) is 15.5 Å². The lowest BCUT2D eigenvalue weighted by Gasteiger charge is -2.26. The fraction of sp³-hybridized carbons (Fsp3) is 0.929. The average Bonchev–Trinajstić information content (AvgIpc) is 2.11. The van der Waals surface area contributed by atoms with E-state index >= 15 is 0 Å². The summed E-state index contributed by atoms with van der Waals surface area (Å²) >= 11 is 0. The molecule has 0 fully saturated rings. The molecule has 0 saturated heterocycles. The Bertz CT molecular complexity index is 280. The van der Waals surface area contributed by atoms with Crippen molar-refractivity contribution < 1.29 is 0 Å². The van der Waals surface area contributed by atoms with Crippen LogP contribution in [-0.4, -0.2) is 11.1 Å². The number of hydrogen-bond acceptors (Lipinski definition) is 3. The molecule has 0 aromatic rings. The number of azo groups is 1. The van der Waals surface area contributed by atoms with E-state index in [9.17, 15) is 5.26 Å². The van der Waals surface area contributed by atoms with Crippen molar-refractivity contribution in [1.29, 1.82) is 5.26 Å². The molecule has 0 radical (unpaired) electrons. The van der Waals surface area contributed by atoms with Crippen molar-refractivity contribution >= 4 is 0 Å². The Labute approximate surface area is 106 Å². The van der Waals surface area contributed by atoms with Crippen LogP contribution in [0.1, 0.15) is 61.3 Å². The summed E-state index contributed by atoms with van der Waals surface area (Å²) in [7, 11) is 0. The Kier molecular flexibility index (Phi) is 5.81. The second kappa shape index (κ2) is 6.14. The normalized spacial score (nSPS) is 13.6. The summed E-state index contributed by atoms with van der Waals surface area (Å²) in [5.41, 5.74) is -0.855. The summed E-state index contributed by atoms with van der Waals surface area (Å²) in [6, 6.07) is 2.39. The van der Waals surface area contributed by atoms with Gasteiger partial charge in [-0.05, 0) is 45.4 Å². The quantitative estimate of drug-likeness (QED) is 0.645. The Balaban J connectivity index is 5.07. The summed E-state index contributed by atoms with van der Waals surface area (Å²) < 4.78 is 0. The molecule has 0 rings (SSSR count). The molecule has 0 unspecified atom stereocenters. The van der Waals surface area contributed by atoms with E-state index in [0.717, 1.165) is 12.8 Å². The number of rotatable bonds is 5. The number of hydrogen-bond donors (Lipinski definition) is 0. The monoisotopic (exact) mass is 237 g/mol. The third-order valence-electron chi connectivity index (χ3n) is 2.24. The molecular weight excluding hydrogens is 210 g/mol. The molecule has 0 aliphatic heterocycles. The van der Waals surface area contributed by atoms with Crippen LogP contribution in [0.2, 0.25) is 0 Å². The van der Waals surface area contributed by atoms with Gasteiger partial charge in [-0.15, -0.1) is 0 Å². The van der Waals surface area contributed by atoms with Gasteiger partial charge in [0.05, 0.1) is 11.6 Å². The van der Waals surface area contributed by atoms with E-state index in [1.807, 2.05) is 20.8 Å². The van der Waals surface area contributed by atoms with Gasteiger partial charge < -0.3 is 0 Å². The Morgan fingerprint density at radius 3 is 1.59 bits per heavy atom. The van der Waals surface area contributed by atoms with Crippen LogP contribution in [0.4, 0.5) is 0 Å². The van der Waals surface area contributed by atoms with Crippen LogP contribution in [-0.2, 0) is 0 Å². The first-order valence-electron chi connectivity index (χ1n) is 6.45. The zero-order valence-corrected chi connectivity index (χ0v) is 12.4. The minimum absolute atomic E-state index is 0.212. The standard InChI is InChI=1S/C14H27N3/c1-11(2)8-14(10-15,9-12(3)4)17-16-13(5,6)7/h11-12H,8-9H2,1-7H3/b17-16+. The zero-order chi connectivity index (χ0) is 13.7. The van der Waals surface area contributed by atoms with Crippen molar-refractivity contribution in [3.05, 3.63) is 0 Å². The van der Waals surface area contributed by atoms with Crippen LogP contribution in [0.5, 0.6) is 0 Å². The van der Waals surface area contributed by atoms with Crippen molar-refractivity contribution in [2.24, 2.45) is 22.1 Å². The van der Waals surface area contributed by atoms with Crippen LogP contribution in [0.15, 0.2) is 10.2 Å². The van der Waals surface area contributed by atoms with Crippen LogP contribution in [0, 0.1) is 23.2 Å². The molecule has 17 heavy (non-hydrogen) atoms. The van der Waals surface area contributed by atoms with Crippen LogP contribution in [0.3, 0.4) is 0 Å². The molecule has 0 amide bonds. The topological polar surface area (TPSA) is 48.5 Å². The van der Waals surface area contributed by atoms with Gasteiger partial charge >= 0.3 is 0 Å². The van der Waals surface area contributed by atoms with Crippen molar-refractivity contribution in [3.63, 3.8) is 0 Å². The lowest BCUT2D eigenvalue weighted by molar-refractivity contribution is 0.328. The second-order valence-electron chi connectivity index (χ2n) is 6.71. The van der Waals surface area contributed by atoms with E-state index in [0.29, 0.717) is 11.8 Å². The molecule has 0 aliphatic rings. The van der Waals surface area contributed by atoms with Crippen molar-refractivity contribution in [1.82, 2.24) is 0 Å². The van der Waals surface area contributed by atoms with Crippen LogP contribution in [0.25, 0.3) is 0 Å². The Hall–Kier alpha value is -0.910. The average molecular weight is 237 g/mol. The maximum atomic E-state index is 9.47. The van der Waals surface area contributed by atoms with E-state index in [1.54, 1.807) is 0 Å². The van der Waals surface area contributed by atoms with Gasteiger partial charge in [-0.1, -0.05) is 27.7 Å². The minimum atomic E-state index is -0.643. The first-order valence-corrected chi connectivity index (χ1v) is 6.45. The molecule has 0 aromatic heterocycles. The van der Waals surface area contributed by atoms with Gasteiger partial charge in [0.1, 0.15) is 0 Å². The highest BCUT2D eigenvalue weighted by Crippen LogP contribution is 2.29. The summed E-state index contributed by atoms with van der Waals surface area (Å²) in [5, 5.41) is 18.2. The Morgan fingerprint density at radius 1 is 0.941 bits per heavy atom. The molecule has 0 saturated carbocycles. The molecule has 0 bridgehead atoms. The lowest BCUT2D eigenvalue weighted by Crippen LogP contribution is -2.29. The van der Waals surface area contributed by atoms with Gasteiger partial charge in [0.25, 0.3) is 0 Å². The fourth-order valence-electron chi connectivity index (χ4n) is 1.88. The van der Waals surface area contributed by atoms with Gasteiger partial charge in [-0.25, -0.2) is 0 Å². The zero-order valence-electron chi connectivity index (χ0n) is 12.4. The van der Waals surface area contributed by atoms with E-state index in [1.165, 1.54) is 0 Å². The van der Waals surface area contributed by atoms with Crippen LogP contribution >= 0.6 is 0 Å². The highest BCUT2D eigenvalue weighted by atomic mass is 15.2. The summed E-state index contributed by atoms with van der Waals surface area (Å²) in [5.74, 6) is 0.902. The summed E-state index contributed by atoms with van der Waals surface area (Å²) in [6.45, 7) is 14.5. The molecule has 0 heterocycles. The molecule has 0 aliphatic carbocycles. The summed E-state index contributed by atoms with van der Waals surface area (Å²) in [4.78, 5) is 0. The largest absolute Gasteiger partial charge is 0.196 e. The maximum Gasteiger partial charge on any atom is 0.168 e. The molecular formula is C14H27N3. The lowest BCUT2D eigenvalue weighted by atomic mass is 9.84. The molecule has 98 valence electrons. The van der Waals surface area contributed by atoms with Gasteiger partial charge in [0.2, 0.25) is 0 Å². The SMILES string of the molecule is CC(C)CC(C#N)(CC(C)C)/N=N/C(C)(C)C. The maximum absolute atomic E-state index is 9.47. The highest BCUT2D eigenvalue weighted by Gasteiger charge is 2.32. The van der Waals surface area contributed by atoms with Crippen LogP contribution < -0.4 is 0 Å². The summed E-state index contributed by atoms with van der Waals surface area (Å²) in [6.07, 6.45) is 1.56. The fourth-order valence-corrected chi connectivity index (χ4v) is 1.88. The highest BCUT2D eigenvalue weighted by molar-refractivity contribution is 5.07. The molecule has 0 atom stereocenters. The third kappa shape index (κ3) is 7.10. The van der Waals surface area contributed by atoms with E-state index < -0.39 is 5.54 Å². The molecule has 0 aromatic carbocycles. The predicted octanol–water partition coefficient (Wildman–Crippen LogP) is 4.59. The second-order valence-corrected chi connectivity index (χ2v) is 6.71. The first kappa shape index (κ1) is 16.1. The van der Waals surface area contributed by atoms with E-state index in [4.69, 9.17) is 0 Å². The smallest absolute Gasteiger partial charge is 0.168 e. The first-order chi connectivity index (χ1) is 7.60. The molecule has 0 N–H and O–H groups in total. The van der Waals surface area contributed by atoms with Gasteiger partial charge in [-0.3, -0.25) is 0 Å². The minimum Gasteiger partial charge on any atom is -0.196 e. The number of nitriles is 1. The van der Waals surface area contributed by atoms with E-state index in [2.05, 4.69) is 44.0 Å². The molecule has 0 spiro atoms. The van der Waals surface area contributed by atoms with E-state index in [-0.39, 0.29) is 5.54 Å². The van der Waals surface area contributed by atoms with Gasteiger partial charge in [0, 0.05) is 0 Å². The number of nitrogens with zero attached hydrogens (tertiary/aromatic N) is 3. The third-order valence-corrected chi connectivity index (χ3v) is 2.24. The Morgan fingerprint density at radius 2 is 1.35 bits per heavy atom. The predicted molar refractivity (Wildman–Crippen MR) is 71.9 cm³/mol. The van der Waals surface area contributed by atoms with Crippen molar-refractivity contribution in [3.8, 4) is 6.07 Å². The molecule has 3 heteroatoms. The molecule has 3 nitrogen and oxygen atoms in total. The van der Waals surface area contributed by atoms with Crippen molar-refractivity contribution in [2.45, 2.75) is 72.4 Å².